The lowest BCUT2D eigenvalue weighted by molar-refractivity contribution is -0.348. The molecule has 1 aliphatic carbocycles. The van der Waals surface area contributed by atoms with Crippen LogP contribution in [0.4, 0.5) is 35.1 Å². The molecule has 1 amide bonds. The average Bonchev–Trinajstić information content (AvgIpc) is 3.25. The number of aryl methyl sites for hydroxylation is 1. The highest BCUT2D eigenvalue weighted by Crippen LogP contribution is 2.57. The van der Waals surface area contributed by atoms with Gasteiger partial charge in [-0.2, -0.15) is 26.3 Å². The van der Waals surface area contributed by atoms with Gasteiger partial charge in [0, 0.05) is 12.1 Å². The summed E-state index contributed by atoms with van der Waals surface area (Å²) in [5.41, 5.74) is -9.62. The molecule has 45 heavy (non-hydrogen) atoms. The highest BCUT2D eigenvalue weighted by molar-refractivity contribution is 7.92. The smallest absolute Gasteiger partial charge is 0.337 e. The Bertz CT molecular complexity index is 1640. The fourth-order valence-corrected chi connectivity index (χ4v) is 9.83. The summed E-state index contributed by atoms with van der Waals surface area (Å²) in [5, 5.41) is 0. The number of amides is 1. The van der Waals surface area contributed by atoms with Crippen molar-refractivity contribution in [1.29, 1.82) is 0 Å². The number of carbonyl (C=O) groups excluding carboxylic acids is 1. The van der Waals surface area contributed by atoms with Crippen molar-refractivity contribution in [2.45, 2.75) is 66.3 Å². The Kier molecular flexibility index (Phi) is 8.05. The van der Waals surface area contributed by atoms with Crippen LogP contribution in [0.3, 0.4) is 0 Å². The Morgan fingerprint density at radius 3 is 2.13 bits per heavy atom. The highest BCUT2D eigenvalue weighted by atomic mass is 32.2. The predicted octanol–water partition coefficient (Wildman–Crippen LogP) is 5.88. The van der Waals surface area contributed by atoms with Crippen molar-refractivity contribution < 1.29 is 66.8 Å². The average molecular weight is 692 g/mol. The van der Waals surface area contributed by atoms with Crippen LogP contribution >= 0.6 is 7.82 Å². The molecule has 8 nitrogen and oxygen atoms in total. The fraction of sp³-hybridized carbons (Fsp3) is 0.519. The first-order chi connectivity index (χ1) is 20.6. The third-order valence-corrected chi connectivity index (χ3v) is 12.2. The molecule has 2 atom stereocenters. The van der Waals surface area contributed by atoms with Gasteiger partial charge in [-0.05, 0) is 68.0 Å². The van der Waals surface area contributed by atoms with Crippen molar-refractivity contribution in [3.63, 3.8) is 0 Å². The normalized spacial score (nSPS) is 29.6. The molecule has 2 saturated heterocycles. The summed E-state index contributed by atoms with van der Waals surface area (Å²) in [5.74, 6) is -1.53. The molecule has 0 saturated carbocycles. The first kappa shape index (κ1) is 33.8. The molecule has 3 aliphatic rings. The monoisotopic (exact) mass is 691 g/mol. The van der Waals surface area contributed by atoms with Gasteiger partial charge in [0.15, 0.2) is 9.84 Å². The summed E-state index contributed by atoms with van der Waals surface area (Å²) < 4.78 is 159. The van der Waals surface area contributed by atoms with Crippen LogP contribution in [0.25, 0.3) is 0 Å². The maximum absolute atomic E-state index is 15.1. The number of phosphoric ester groups is 1. The van der Waals surface area contributed by atoms with Crippen molar-refractivity contribution in [3.05, 3.63) is 65.0 Å². The lowest BCUT2D eigenvalue weighted by atomic mass is 9.84. The number of alkyl halides is 7. The van der Waals surface area contributed by atoms with Crippen LogP contribution in [0.15, 0.2) is 47.4 Å². The van der Waals surface area contributed by atoms with E-state index < -0.39 is 87.3 Å². The van der Waals surface area contributed by atoms with Crippen LogP contribution < -0.4 is 0 Å². The van der Waals surface area contributed by atoms with Crippen molar-refractivity contribution in [1.82, 2.24) is 4.90 Å². The number of carbonyl (C=O) groups is 1. The van der Waals surface area contributed by atoms with E-state index in [2.05, 4.69) is 0 Å². The van der Waals surface area contributed by atoms with Crippen LogP contribution in [0.1, 0.15) is 42.9 Å². The van der Waals surface area contributed by atoms with E-state index >= 15 is 4.39 Å². The minimum absolute atomic E-state index is 0.0293. The molecular weight excluding hydrogens is 665 g/mol. The Morgan fingerprint density at radius 2 is 1.58 bits per heavy atom. The predicted molar refractivity (Wildman–Crippen MR) is 139 cm³/mol. The van der Waals surface area contributed by atoms with Crippen LogP contribution in [0.2, 0.25) is 0 Å². The van der Waals surface area contributed by atoms with Crippen LogP contribution in [0, 0.1) is 11.2 Å². The van der Waals surface area contributed by atoms with Gasteiger partial charge in [-0.25, -0.2) is 21.8 Å². The summed E-state index contributed by atoms with van der Waals surface area (Å²) in [6.07, 6.45) is -13.6. The Balaban J connectivity index is 1.70. The second-order valence-corrected chi connectivity index (χ2v) is 15.3. The van der Waals surface area contributed by atoms with E-state index in [1.54, 1.807) is 0 Å². The van der Waals surface area contributed by atoms with E-state index in [0.717, 1.165) is 30.3 Å². The minimum Gasteiger partial charge on any atom is -0.337 e. The highest BCUT2D eigenvalue weighted by Gasteiger charge is 2.74. The molecule has 248 valence electrons. The van der Waals surface area contributed by atoms with Gasteiger partial charge in [0.1, 0.15) is 10.6 Å². The number of nitrogens with zero attached hydrogens (tertiary/aromatic N) is 1. The molecule has 0 spiro atoms. The molecule has 2 heterocycles. The number of likely N-dealkylation sites (tertiary alicyclic amines) is 1. The zero-order chi connectivity index (χ0) is 33.4. The van der Waals surface area contributed by atoms with E-state index in [4.69, 9.17) is 9.05 Å². The third-order valence-electron chi connectivity index (χ3n) is 8.78. The number of hydrogen-bond donors (Lipinski definition) is 1. The molecule has 2 fully saturated rings. The molecule has 0 aromatic heterocycles. The molecule has 2 aromatic rings. The molecule has 1 N–H and O–H groups in total. The molecule has 2 aliphatic heterocycles. The zero-order valence-electron chi connectivity index (χ0n) is 23.3. The summed E-state index contributed by atoms with van der Waals surface area (Å²) in [6, 6.07) is 3.68. The SMILES string of the molecule is CC1(C(=O)N2CC[C@@]3(S(=O)(=O)c4ccc(F)cc4)c4ccc(C(F)(C(F)(F)F)C(F)(F)F)cc4CCC[C@@H]23)COP(=O)(O)OC1. The number of sulfone groups is 1. The molecule has 0 bridgehead atoms. The van der Waals surface area contributed by atoms with E-state index in [9.17, 15) is 53.4 Å². The number of hydrogen-bond acceptors (Lipinski definition) is 6. The van der Waals surface area contributed by atoms with Gasteiger partial charge in [0.2, 0.25) is 5.91 Å². The summed E-state index contributed by atoms with van der Waals surface area (Å²) in [4.78, 5) is 24.3. The summed E-state index contributed by atoms with van der Waals surface area (Å²) in [6.45, 7) is -0.0629. The van der Waals surface area contributed by atoms with Gasteiger partial charge in [-0.15, -0.1) is 0 Å². The van der Waals surface area contributed by atoms with Gasteiger partial charge >= 0.3 is 25.8 Å². The van der Waals surface area contributed by atoms with Crippen LogP contribution in [-0.4, -0.2) is 62.3 Å². The molecular formula is C27H26F8NO7PS. The topological polar surface area (TPSA) is 110 Å². The van der Waals surface area contributed by atoms with Gasteiger partial charge in [0.05, 0.1) is 29.6 Å². The number of phosphoric acid groups is 1. The minimum atomic E-state index is -6.40. The van der Waals surface area contributed by atoms with E-state index in [0.29, 0.717) is 6.07 Å². The lowest BCUT2D eigenvalue weighted by Gasteiger charge is -2.41. The number of halogens is 8. The van der Waals surface area contributed by atoms with Crippen molar-refractivity contribution in [2.75, 3.05) is 19.8 Å². The lowest BCUT2D eigenvalue weighted by Crippen LogP contribution is -2.54. The molecule has 0 unspecified atom stereocenters. The van der Waals surface area contributed by atoms with E-state index in [-0.39, 0.29) is 49.4 Å². The first-order valence-corrected chi connectivity index (χ1v) is 16.5. The fourth-order valence-electron chi connectivity index (χ4n) is 6.49. The van der Waals surface area contributed by atoms with Gasteiger partial charge in [-0.3, -0.25) is 13.8 Å². The van der Waals surface area contributed by atoms with Crippen molar-refractivity contribution >= 4 is 23.6 Å². The largest absolute Gasteiger partial charge is 0.472 e. The molecule has 18 heteroatoms. The quantitative estimate of drug-likeness (QED) is 0.243. The molecule has 0 radical (unpaired) electrons. The Labute approximate surface area is 251 Å². The molecule has 5 rings (SSSR count). The van der Waals surface area contributed by atoms with Gasteiger partial charge < -0.3 is 9.79 Å². The Morgan fingerprint density at radius 1 is 1.00 bits per heavy atom. The molecule has 2 aromatic carbocycles. The maximum Gasteiger partial charge on any atom is 0.472 e. The van der Waals surface area contributed by atoms with Gasteiger partial charge in [0.25, 0.3) is 0 Å². The van der Waals surface area contributed by atoms with Crippen molar-refractivity contribution in [2.24, 2.45) is 5.41 Å². The number of benzene rings is 2. The van der Waals surface area contributed by atoms with Crippen LogP contribution in [0.5, 0.6) is 0 Å². The first-order valence-electron chi connectivity index (χ1n) is 13.5. The summed E-state index contributed by atoms with van der Waals surface area (Å²) >= 11 is 0. The van der Waals surface area contributed by atoms with E-state index in [1.807, 2.05) is 0 Å². The van der Waals surface area contributed by atoms with Gasteiger partial charge in [-0.1, -0.05) is 18.2 Å². The second-order valence-electron chi connectivity index (χ2n) is 11.6. The van der Waals surface area contributed by atoms with Crippen LogP contribution in [-0.2, 0) is 45.1 Å². The number of rotatable bonds is 4. The third kappa shape index (κ3) is 5.18. The second kappa shape index (κ2) is 10.7. The Hall–Kier alpha value is -2.59. The zero-order valence-corrected chi connectivity index (χ0v) is 25.0. The van der Waals surface area contributed by atoms with Crippen molar-refractivity contribution in [3.8, 4) is 0 Å². The maximum atomic E-state index is 15.1. The summed E-state index contributed by atoms with van der Waals surface area (Å²) in [7, 11) is -9.13. The van der Waals surface area contributed by atoms with E-state index in [1.165, 1.54) is 11.8 Å². The number of fused-ring (bicyclic) bond motifs is 3. The standard InChI is InChI=1S/C27H26F8NO7PS/c1-23(14-42-44(38,39)43-15-23)22(37)36-12-11-24(45(40,41)19-8-6-18(28)7-9-19)20-10-5-17(13-16(20)3-2-4-21(24)36)25(29,26(30,31)32)27(33,34)35/h5-10,13,21H,2-4,11-12,14-15H2,1H3,(H,38,39)/t21-,24-/m1/s1.